The lowest BCUT2D eigenvalue weighted by molar-refractivity contribution is -0.158. The fourth-order valence-corrected chi connectivity index (χ4v) is 3.76. The molecule has 3 atom stereocenters. The molecule has 15 heavy (non-hydrogen) atoms. The second-order valence-electron chi connectivity index (χ2n) is 5.02. The summed E-state index contributed by atoms with van der Waals surface area (Å²) in [4.78, 5) is 23.4. The highest BCUT2D eigenvalue weighted by Crippen LogP contribution is 2.77. The van der Waals surface area contributed by atoms with Gasteiger partial charge in [0.25, 0.3) is 0 Å². The Labute approximate surface area is 88.5 Å². The highest BCUT2D eigenvalue weighted by molar-refractivity contribution is 6.07. The molecule has 0 bridgehead atoms. The van der Waals surface area contributed by atoms with Crippen molar-refractivity contribution in [2.24, 2.45) is 16.7 Å². The maximum atomic E-state index is 11.8. The molecular weight excluding hydrogens is 192 g/mol. The Morgan fingerprint density at radius 1 is 1.47 bits per heavy atom. The molecule has 1 saturated heterocycles. The molecule has 3 aliphatic rings. The zero-order chi connectivity index (χ0) is 10.7. The average molecular weight is 206 g/mol. The summed E-state index contributed by atoms with van der Waals surface area (Å²) >= 11 is 0. The predicted octanol–water partition coefficient (Wildman–Crippen LogP) is 1.82. The van der Waals surface area contributed by atoms with Crippen LogP contribution in [0.1, 0.15) is 32.1 Å². The van der Waals surface area contributed by atoms with Crippen molar-refractivity contribution in [1.82, 2.24) is 0 Å². The molecule has 80 valence electrons. The molecule has 0 aromatic rings. The molecule has 2 saturated carbocycles. The van der Waals surface area contributed by atoms with Gasteiger partial charge in [-0.1, -0.05) is 12.5 Å². The van der Waals surface area contributed by atoms with Crippen LogP contribution >= 0.6 is 0 Å². The van der Waals surface area contributed by atoms with Crippen LogP contribution in [0.15, 0.2) is 12.7 Å². The maximum Gasteiger partial charge on any atom is 0.321 e. The zero-order valence-corrected chi connectivity index (χ0v) is 8.62. The topological polar surface area (TPSA) is 43.4 Å². The molecule has 2 aliphatic carbocycles. The summed E-state index contributed by atoms with van der Waals surface area (Å²) in [5.41, 5.74) is -0.869. The van der Waals surface area contributed by atoms with Gasteiger partial charge in [-0.25, -0.2) is 0 Å². The van der Waals surface area contributed by atoms with Crippen molar-refractivity contribution in [3.8, 4) is 0 Å². The van der Waals surface area contributed by atoms with Crippen LogP contribution in [0, 0.1) is 16.7 Å². The van der Waals surface area contributed by atoms with E-state index < -0.39 is 10.8 Å². The third-order valence-electron chi connectivity index (χ3n) is 4.55. The van der Waals surface area contributed by atoms with E-state index in [1.807, 2.05) is 6.08 Å². The van der Waals surface area contributed by atoms with Crippen LogP contribution in [-0.4, -0.2) is 11.9 Å². The van der Waals surface area contributed by atoms with Crippen LogP contribution in [0.4, 0.5) is 0 Å². The van der Waals surface area contributed by atoms with E-state index in [-0.39, 0.29) is 17.9 Å². The number of cyclic esters (lactones) is 2. The molecule has 0 spiro atoms. The summed E-state index contributed by atoms with van der Waals surface area (Å²) in [5, 5.41) is 0. The monoisotopic (exact) mass is 206 g/mol. The van der Waals surface area contributed by atoms with Gasteiger partial charge >= 0.3 is 11.9 Å². The summed E-state index contributed by atoms with van der Waals surface area (Å²) in [6.07, 6.45) is 6.30. The van der Waals surface area contributed by atoms with Gasteiger partial charge in [0.05, 0.1) is 10.8 Å². The summed E-state index contributed by atoms with van der Waals surface area (Å²) in [6.45, 7) is 3.72. The summed E-state index contributed by atoms with van der Waals surface area (Å²) in [6, 6.07) is 0. The molecule has 3 rings (SSSR count). The number of rotatable bonds is 2. The first-order valence-corrected chi connectivity index (χ1v) is 5.55. The van der Waals surface area contributed by atoms with E-state index >= 15 is 0 Å². The van der Waals surface area contributed by atoms with E-state index in [4.69, 9.17) is 4.74 Å². The lowest BCUT2D eigenvalue weighted by Gasteiger charge is -2.27. The van der Waals surface area contributed by atoms with Crippen LogP contribution < -0.4 is 0 Å². The standard InChI is InChI=1S/C12H14O3/c1-2-4-8-5-3-6-11-7-12(8,11)10(14)15-9(11)13/h2,8H,1,3-7H2. The van der Waals surface area contributed by atoms with Gasteiger partial charge in [-0.2, -0.15) is 0 Å². The van der Waals surface area contributed by atoms with Crippen molar-refractivity contribution >= 4 is 11.9 Å². The van der Waals surface area contributed by atoms with Crippen molar-refractivity contribution in [2.45, 2.75) is 32.1 Å². The molecule has 0 N–H and O–H groups in total. The molecule has 1 aliphatic heterocycles. The molecule has 3 heteroatoms. The highest BCUT2D eigenvalue weighted by Gasteiger charge is 2.84. The van der Waals surface area contributed by atoms with Crippen LogP contribution in [-0.2, 0) is 14.3 Å². The smallest absolute Gasteiger partial charge is 0.321 e. The second-order valence-corrected chi connectivity index (χ2v) is 5.02. The van der Waals surface area contributed by atoms with Gasteiger partial charge in [0.15, 0.2) is 0 Å². The van der Waals surface area contributed by atoms with Crippen LogP contribution in [0.5, 0.6) is 0 Å². The maximum absolute atomic E-state index is 11.8. The van der Waals surface area contributed by atoms with Crippen molar-refractivity contribution in [2.75, 3.05) is 0 Å². The molecule has 0 aromatic carbocycles. The number of carbonyl (C=O) groups excluding carboxylic acids is 2. The van der Waals surface area contributed by atoms with E-state index in [1.54, 1.807) is 0 Å². The number of allylic oxidation sites excluding steroid dienone is 1. The normalized spacial score (nSPS) is 46.8. The van der Waals surface area contributed by atoms with E-state index in [9.17, 15) is 9.59 Å². The van der Waals surface area contributed by atoms with Crippen LogP contribution in [0.3, 0.4) is 0 Å². The number of esters is 2. The third kappa shape index (κ3) is 0.792. The first-order chi connectivity index (χ1) is 7.17. The second kappa shape index (κ2) is 2.52. The van der Waals surface area contributed by atoms with Gasteiger partial charge in [0.1, 0.15) is 0 Å². The fraction of sp³-hybridized carbons (Fsp3) is 0.667. The highest BCUT2D eigenvalue weighted by atomic mass is 16.6. The van der Waals surface area contributed by atoms with Gasteiger partial charge in [-0.05, 0) is 31.6 Å². The Balaban J connectivity index is 2.01. The first-order valence-electron chi connectivity index (χ1n) is 5.55. The Hall–Kier alpha value is -1.12. The molecule has 1 heterocycles. The molecule has 0 amide bonds. The predicted molar refractivity (Wildman–Crippen MR) is 52.7 cm³/mol. The molecular formula is C12H14O3. The van der Waals surface area contributed by atoms with E-state index in [2.05, 4.69) is 6.58 Å². The van der Waals surface area contributed by atoms with Crippen molar-refractivity contribution in [1.29, 1.82) is 0 Å². The Bertz CT molecular complexity index is 373. The molecule has 0 aromatic heterocycles. The minimum atomic E-state index is -0.448. The SMILES string of the molecule is C=CCC1CCCC23CC12C(=O)OC3=O. The van der Waals surface area contributed by atoms with Gasteiger partial charge < -0.3 is 4.74 Å². The van der Waals surface area contributed by atoms with Gasteiger partial charge in [-0.15, -0.1) is 6.58 Å². The quantitative estimate of drug-likeness (QED) is 0.393. The number of carbonyl (C=O) groups is 2. The number of hydrogen-bond donors (Lipinski definition) is 0. The van der Waals surface area contributed by atoms with Crippen LogP contribution in [0.2, 0.25) is 0 Å². The summed E-state index contributed by atoms with van der Waals surface area (Å²) < 4.78 is 4.82. The first kappa shape index (κ1) is 9.13. The number of hydrogen-bond acceptors (Lipinski definition) is 3. The Morgan fingerprint density at radius 3 is 3.00 bits per heavy atom. The average Bonchev–Trinajstić information content (AvgIpc) is 2.85. The van der Waals surface area contributed by atoms with Gasteiger partial charge in [0.2, 0.25) is 0 Å². The Kier molecular flexibility index (Phi) is 1.53. The fourth-order valence-electron chi connectivity index (χ4n) is 3.76. The molecule has 3 fully saturated rings. The van der Waals surface area contributed by atoms with E-state index in [1.165, 1.54) is 0 Å². The zero-order valence-electron chi connectivity index (χ0n) is 8.62. The van der Waals surface area contributed by atoms with Gasteiger partial charge in [-0.3, -0.25) is 9.59 Å². The minimum absolute atomic E-state index is 0.263. The summed E-state index contributed by atoms with van der Waals surface area (Å²) in [7, 11) is 0. The van der Waals surface area contributed by atoms with E-state index in [0.29, 0.717) is 0 Å². The molecule has 0 radical (unpaired) electrons. The van der Waals surface area contributed by atoms with E-state index in [0.717, 1.165) is 32.1 Å². The van der Waals surface area contributed by atoms with Crippen molar-refractivity contribution < 1.29 is 14.3 Å². The minimum Gasteiger partial charge on any atom is -0.392 e. The summed E-state index contributed by atoms with van der Waals surface area (Å²) in [5.74, 6) is -0.247. The lowest BCUT2D eigenvalue weighted by Crippen LogP contribution is -2.30. The van der Waals surface area contributed by atoms with Crippen molar-refractivity contribution in [3.63, 3.8) is 0 Å². The van der Waals surface area contributed by atoms with Crippen molar-refractivity contribution in [3.05, 3.63) is 12.7 Å². The number of ether oxygens (including phenoxy) is 1. The van der Waals surface area contributed by atoms with Crippen LogP contribution in [0.25, 0.3) is 0 Å². The van der Waals surface area contributed by atoms with Gasteiger partial charge in [0, 0.05) is 0 Å². The molecule has 3 nitrogen and oxygen atoms in total. The Morgan fingerprint density at radius 2 is 2.27 bits per heavy atom. The molecule has 3 unspecified atom stereocenters. The lowest BCUT2D eigenvalue weighted by atomic mass is 9.72. The third-order valence-corrected chi connectivity index (χ3v) is 4.55. The largest absolute Gasteiger partial charge is 0.392 e.